The normalized spacial score (nSPS) is 14.2. The lowest BCUT2D eigenvalue weighted by Gasteiger charge is -2.34. The Morgan fingerprint density at radius 2 is 1.52 bits per heavy atom. The van der Waals surface area contributed by atoms with Gasteiger partial charge in [0.25, 0.3) is 0 Å². The van der Waals surface area contributed by atoms with Crippen molar-refractivity contribution in [3.63, 3.8) is 0 Å². The summed E-state index contributed by atoms with van der Waals surface area (Å²) >= 11 is 1.93. The molecule has 0 fully saturated rings. The second kappa shape index (κ2) is 5.94. The van der Waals surface area contributed by atoms with Crippen LogP contribution in [0.25, 0.3) is 0 Å². The molecule has 0 saturated carbocycles. The van der Waals surface area contributed by atoms with E-state index < -0.39 is 0 Å². The molecular formula is C19H27NS. The molecule has 0 aliphatic rings. The van der Waals surface area contributed by atoms with Crippen LogP contribution < -0.4 is 5.32 Å². The number of hydrogen-bond donors (Lipinski definition) is 1. The van der Waals surface area contributed by atoms with Crippen LogP contribution in [0.4, 0.5) is 0 Å². The Morgan fingerprint density at radius 1 is 0.905 bits per heavy atom. The molecule has 2 aromatic rings. The molecule has 1 atom stereocenters. The van der Waals surface area contributed by atoms with Crippen LogP contribution in [0.5, 0.6) is 0 Å². The van der Waals surface area contributed by atoms with Crippen molar-refractivity contribution in [3.05, 3.63) is 57.8 Å². The largest absolute Gasteiger partial charge is 0.312 e. The third-order valence-corrected chi connectivity index (χ3v) is 5.75. The number of benzene rings is 1. The first kappa shape index (κ1) is 16.3. The number of rotatable bonds is 4. The maximum absolute atomic E-state index is 3.53. The fourth-order valence-corrected chi connectivity index (χ4v) is 4.17. The maximum atomic E-state index is 3.53. The third kappa shape index (κ3) is 3.38. The van der Waals surface area contributed by atoms with Crippen LogP contribution in [0.15, 0.2) is 42.5 Å². The Balaban J connectivity index is 2.37. The van der Waals surface area contributed by atoms with Gasteiger partial charge >= 0.3 is 0 Å². The van der Waals surface area contributed by atoms with E-state index in [1.54, 1.807) is 0 Å². The van der Waals surface area contributed by atoms with E-state index in [0.717, 1.165) is 0 Å². The second-order valence-electron chi connectivity index (χ2n) is 7.26. The van der Waals surface area contributed by atoms with E-state index in [0.29, 0.717) is 6.04 Å². The molecule has 2 heteroatoms. The molecular weight excluding hydrogens is 274 g/mol. The van der Waals surface area contributed by atoms with E-state index in [1.807, 2.05) is 11.3 Å². The highest BCUT2D eigenvalue weighted by Crippen LogP contribution is 2.41. The lowest BCUT2D eigenvalue weighted by molar-refractivity contribution is 0.373. The fourth-order valence-electron chi connectivity index (χ4n) is 2.80. The molecule has 1 aromatic heterocycles. The average molecular weight is 301 g/mol. The van der Waals surface area contributed by atoms with Gasteiger partial charge in [-0.2, -0.15) is 0 Å². The molecule has 1 N–H and O–H groups in total. The molecule has 0 spiro atoms. The first-order valence-electron chi connectivity index (χ1n) is 7.60. The number of hydrogen-bond acceptors (Lipinski definition) is 2. The maximum Gasteiger partial charge on any atom is 0.0505 e. The van der Waals surface area contributed by atoms with E-state index in [2.05, 4.69) is 89.4 Å². The van der Waals surface area contributed by atoms with E-state index in [4.69, 9.17) is 0 Å². The zero-order chi connectivity index (χ0) is 15.7. The van der Waals surface area contributed by atoms with Gasteiger partial charge in [-0.25, -0.2) is 0 Å². The van der Waals surface area contributed by atoms with Crippen molar-refractivity contribution in [2.75, 3.05) is 7.05 Å². The fraction of sp³-hybridized carbons (Fsp3) is 0.474. The number of likely N-dealkylation sites (N-methyl/N-ethyl adjacent to an activating group) is 1. The standard InChI is InChI=1S/C19H27NS/c1-18(2,3)16-13-12-15(21-16)17(20-6)19(4,5)14-10-8-7-9-11-14/h7-13,17,20H,1-6H3. The monoisotopic (exact) mass is 301 g/mol. The Kier molecular flexibility index (Phi) is 4.60. The molecule has 1 nitrogen and oxygen atoms in total. The van der Waals surface area contributed by atoms with Crippen LogP contribution in [0.1, 0.15) is 56.0 Å². The van der Waals surface area contributed by atoms with Crippen molar-refractivity contribution >= 4 is 11.3 Å². The Bertz CT molecular complexity index is 575. The Morgan fingerprint density at radius 3 is 2.00 bits per heavy atom. The van der Waals surface area contributed by atoms with Crippen molar-refractivity contribution in [1.29, 1.82) is 0 Å². The highest BCUT2D eigenvalue weighted by molar-refractivity contribution is 7.12. The van der Waals surface area contributed by atoms with E-state index in [-0.39, 0.29) is 10.8 Å². The molecule has 1 heterocycles. The summed E-state index contributed by atoms with van der Waals surface area (Å²) in [4.78, 5) is 2.86. The van der Waals surface area contributed by atoms with Gasteiger partial charge in [0.05, 0.1) is 6.04 Å². The van der Waals surface area contributed by atoms with Gasteiger partial charge in [-0.3, -0.25) is 0 Å². The molecule has 2 rings (SSSR count). The first-order chi connectivity index (χ1) is 9.76. The highest BCUT2D eigenvalue weighted by Gasteiger charge is 2.33. The van der Waals surface area contributed by atoms with Crippen molar-refractivity contribution in [3.8, 4) is 0 Å². The van der Waals surface area contributed by atoms with Gasteiger partial charge < -0.3 is 5.32 Å². The van der Waals surface area contributed by atoms with Gasteiger partial charge in [-0.05, 0) is 30.2 Å². The first-order valence-corrected chi connectivity index (χ1v) is 8.41. The van der Waals surface area contributed by atoms with Gasteiger partial charge in [-0.1, -0.05) is 65.0 Å². The summed E-state index contributed by atoms with van der Waals surface area (Å²) in [6.07, 6.45) is 0. The smallest absolute Gasteiger partial charge is 0.0505 e. The molecule has 0 saturated heterocycles. The van der Waals surface area contributed by atoms with Gasteiger partial charge in [0.1, 0.15) is 0 Å². The minimum Gasteiger partial charge on any atom is -0.312 e. The summed E-state index contributed by atoms with van der Waals surface area (Å²) in [5.41, 5.74) is 1.64. The Hall–Kier alpha value is -1.12. The molecule has 1 aromatic carbocycles. The number of nitrogens with one attached hydrogen (secondary N) is 1. The molecule has 1 unspecified atom stereocenters. The summed E-state index contributed by atoms with van der Waals surface area (Å²) in [5, 5.41) is 3.53. The molecule has 114 valence electrons. The van der Waals surface area contributed by atoms with E-state index in [9.17, 15) is 0 Å². The molecule has 0 bridgehead atoms. The van der Waals surface area contributed by atoms with E-state index >= 15 is 0 Å². The van der Waals surface area contributed by atoms with Gasteiger partial charge in [0.2, 0.25) is 0 Å². The van der Waals surface area contributed by atoms with Crippen LogP contribution in [0, 0.1) is 0 Å². The predicted molar refractivity (Wildman–Crippen MR) is 94.3 cm³/mol. The SMILES string of the molecule is CNC(c1ccc(C(C)(C)C)s1)C(C)(C)c1ccccc1. The molecule has 0 aliphatic carbocycles. The zero-order valence-corrected chi connectivity index (χ0v) is 14.8. The topological polar surface area (TPSA) is 12.0 Å². The van der Waals surface area contributed by atoms with Crippen molar-refractivity contribution in [2.45, 2.75) is 51.5 Å². The highest BCUT2D eigenvalue weighted by atomic mass is 32.1. The predicted octanol–water partition coefficient (Wildman–Crippen LogP) is 5.28. The van der Waals surface area contributed by atoms with E-state index in [1.165, 1.54) is 15.3 Å². The van der Waals surface area contributed by atoms with Crippen LogP contribution in [0.3, 0.4) is 0 Å². The van der Waals surface area contributed by atoms with Crippen molar-refractivity contribution < 1.29 is 0 Å². The van der Waals surface area contributed by atoms with Crippen molar-refractivity contribution in [1.82, 2.24) is 5.32 Å². The molecule has 0 aliphatic heterocycles. The molecule has 21 heavy (non-hydrogen) atoms. The summed E-state index contributed by atoms with van der Waals surface area (Å²) in [6.45, 7) is 11.5. The zero-order valence-electron chi connectivity index (χ0n) is 14.0. The van der Waals surface area contributed by atoms with Crippen LogP contribution in [-0.4, -0.2) is 7.05 Å². The Labute approximate surface area is 133 Å². The molecule has 0 amide bonds. The van der Waals surface area contributed by atoms with Crippen LogP contribution in [0.2, 0.25) is 0 Å². The van der Waals surface area contributed by atoms with Crippen LogP contribution in [-0.2, 0) is 10.8 Å². The van der Waals surface area contributed by atoms with Gasteiger partial charge in [-0.15, -0.1) is 11.3 Å². The third-order valence-electron chi connectivity index (χ3n) is 4.18. The molecule has 0 radical (unpaired) electrons. The summed E-state index contributed by atoms with van der Waals surface area (Å²) < 4.78 is 0. The summed E-state index contributed by atoms with van der Waals surface area (Å²) in [5.74, 6) is 0. The second-order valence-corrected chi connectivity index (χ2v) is 8.38. The minimum atomic E-state index is 0.0516. The number of thiophene rings is 1. The summed E-state index contributed by atoms with van der Waals surface area (Å²) in [6, 6.07) is 15.7. The van der Waals surface area contributed by atoms with Crippen LogP contribution >= 0.6 is 11.3 Å². The van der Waals surface area contributed by atoms with Gasteiger partial charge in [0.15, 0.2) is 0 Å². The quantitative estimate of drug-likeness (QED) is 0.809. The summed E-state index contributed by atoms with van der Waals surface area (Å²) in [7, 11) is 2.06. The lowest BCUT2D eigenvalue weighted by Crippen LogP contribution is -2.35. The van der Waals surface area contributed by atoms with Gasteiger partial charge in [0, 0.05) is 15.2 Å². The average Bonchev–Trinajstić information content (AvgIpc) is 2.90. The lowest BCUT2D eigenvalue weighted by atomic mass is 9.77. The van der Waals surface area contributed by atoms with Crippen molar-refractivity contribution in [2.24, 2.45) is 0 Å². The minimum absolute atomic E-state index is 0.0516.